The zero-order chi connectivity index (χ0) is 14.9. The number of halogens is 1. The van der Waals surface area contributed by atoms with Gasteiger partial charge in [0.2, 0.25) is 0 Å². The number of hydrogen-bond donors (Lipinski definition) is 1. The lowest BCUT2D eigenvalue weighted by Gasteiger charge is -2.45. The second-order valence-electron chi connectivity index (χ2n) is 5.76. The lowest BCUT2D eigenvalue weighted by molar-refractivity contribution is 0.0312. The molecular formula is C14H21BrN4O. The lowest BCUT2D eigenvalue weighted by atomic mass is 9.99. The van der Waals surface area contributed by atoms with Gasteiger partial charge in [-0.05, 0) is 42.9 Å². The number of nitrogens with one attached hydrogen (secondary N) is 1. The Kier molecular flexibility index (Phi) is 4.34. The van der Waals surface area contributed by atoms with Crippen LogP contribution in [0.5, 0.6) is 0 Å². The van der Waals surface area contributed by atoms with Crippen LogP contribution in [0.1, 0.15) is 24.2 Å². The molecule has 2 rings (SSSR count). The number of carbonyl (C=O) groups excluding carboxylic acids is 1. The molecule has 1 N–H and O–H groups in total. The predicted octanol–water partition coefficient (Wildman–Crippen LogP) is 2.05. The Hall–Kier alpha value is -1.14. The second kappa shape index (κ2) is 5.69. The molecule has 1 fully saturated rings. The van der Waals surface area contributed by atoms with Gasteiger partial charge in [-0.15, -0.1) is 0 Å². The molecule has 6 heteroatoms. The van der Waals surface area contributed by atoms with Gasteiger partial charge in [0.25, 0.3) is 5.91 Å². The van der Waals surface area contributed by atoms with Crippen LogP contribution in [0.25, 0.3) is 0 Å². The third-order valence-corrected chi connectivity index (χ3v) is 4.36. The number of carbonyl (C=O) groups is 1. The number of piperazine rings is 1. The number of pyridine rings is 1. The summed E-state index contributed by atoms with van der Waals surface area (Å²) in [7, 11) is 3.88. The van der Waals surface area contributed by atoms with Crippen molar-refractivity contribution in [1.82, 2.24) is 14.8 Å². The van der Waals surface area contributed by atoms with Crippen molar-refractivity contribution in [1.29, 1.82) is 0 Å². The Bertz CT molecular complexity index is 518. The molecule has 1 aromatic heterocycles. The average molecular weight is 341 g/mol. The Labute approximate surface area is 128 Å². The van der Waals surface area contributed by atoms with E-state index in [1.807, 2.05) is 11.0 Å². The van der Waals surface area contributed by atoms with Crippen molar-refractivity contribution in [2.45, 2.75) is 19.4 Å². The normalized spacial score (nSPS) is 18.9. The van der Waals surface area contributed by atoms with Gasteiger partial charge in [-0.2, -0.15) is 0 Å². The van der Waals surface area contributed by atoms with Gasteiger partial charge in [0.15, 0.2) is 0 Å². The van der Waals surface area contributed by atoms with Gasteiger partial charge in [0.1, 0.15) is 5.82 Å². The molecule has 20 heavy (non-hydrogen) atoms. The summed E-state index contributed by atoms with van der Waals surface area (Å²) in [4.78, 5) is 21.2. The summed E-state index contributed by atoms with van der Waals surface area (Å²) in [5, 5.41) is 2.98. The summed E-state index contributed by atoms with van der Waals surface area (Å²) >= 11 is 3.38. The molecule has 1 amide bonds. The molecule has 1 aromatic rings. The molecule has 0 bridgehead atoms. The minimum absolute atomic E-state index is 0.00679. The molecule has 0 spiro atoms. The van der Waals surface area contributed by atoms with Crippen molar-refractivity contribution in [2.75, 3.05) is 39.0 Å². The fourth-order valence-electron chi connectivity index (χ4n) is 2.39. The molecule has 1 aliphatic rings. The summed E-state index contributed by atoms with van der Waals surface area (Å²) in [6.07, 6.45) is 1.69. The number of aromatic nitrogens is 1. The third-order valence-electron chi connectivity index (χ3n) is 3.93. The monoisotopic (exact) mass is 340 g/mol. The van der Waals surface area contributed by atoms with Crippen LogP contribution < -0.4 is 5.32 Å². The van der Waals surface area contributed by atoms with E-state index in [9.17, 15) is 4.79 Å². The molecule has 0 saturated carbocycles. The van der Waals surface area contributed by atoms with Crippen LogP contribution in [0.4, 0.5) is 5.82 Å². The highest BCUT2D eigenvalue weighted by atomic mass is 79.9. The van der Waals surface area contributed by atoms with Crippen molar-refractivity contribution in [2.24, 2.45) is 0 Å². The number of hydrogen-bond acceptors (Lipinski definition) is 4. The Morgan fingerprint density at radius 2 is 2.15 bits per heavy atom. The van der Waals surface area contributed by atoms with Crippen LogP contribution in [0.2, 0.25) is 0 Å². The van der Waals surface area contributed by atoms with E-state index in [4.69, 9.17) is 0 Å². The van der Waals surface area contributed by atoms with E-state index in [0.29, 0.717) is 11.4 Å². The zero-order valence-corrected chi connectivity index (χ0v) is 14.0. The Morgan fingerprint density at radius 1 is 1.45 bits per heavy atom. The average Bonchev–Trinajstić information content (AvgIpc) is 2.41. The first-order valence-electron chi connectivity index (χ1n) is 6.69. The molecule has 1 aliphatic heterocycles. The summed E-state index contributed by atoms with van der Waals surface area (Å²) in [5.74, 6) is 0.652. The summed E-state index contributed by atoms with van der Waals surface area (Å²) in [6, 6.07) is 1.83. The topological polar surface area (TPSA) is 48.5 Å². The highest BCUT2D eigenvalue weighted by molar-refractivity contribution is 9.10. The fraction of sp³-hybridized carbons (Fsp3) is 0.571. The summed E-state index contributed by atoms with van der Waals surface area (Å²) in [5.41, 5.74) is 0.606. The molecule has 110 valence electrons. The van der Waals surface area contributed by atoms with Crippen LogP contribution in [0.15, 0.2) is 16.7 Å². The predicted molar refractivity (Wildman–Crippen MR) is 84.1 cm³/mol. The smallest absolute Gasteiger partial charge is 0.257 e. The zero-order valence-electron chi connectivity index (χ0n) is 12.4. The van der Waals surface area contributed by atoms with Gasteiger partial charge in [0.05, 0.1) is 5.56 Å². The van der Waals surface area contributed by atoms with Crippen molar-refractivity contribution in [3.05, 3.63) is 22.3 Å². The molecule has 0 aliphatic carbocycles. The van der Waals surface area contributed by atoms with Crippen molar-refractivity contribution >= 4 is 27.7 Å². The number of nitrogens with zero attached hydrogens (tertiary/aromatic N) is 3. The number of rotatable bonds is 2. The molecule has 1 saturated heterocycles. The Balaban J connectivity index is 2.26. The second-order valence-corrected chi connectivity index (χ2v) is 6.68. The lowest BCUT2D eigenvalue weighted by Crippen LogP contribution is -2.58. The number of amides is 1. The van der Waals surface area contributed by atoms with Gasteiger partial charge in [-0.1, -0.05) is 0 Å². The maximum atomic E-state index is 12.7. The van der Waals surface area contributed by atoms with E-state index in [2.05, 4.69) is 52.0 Å². The van der Waals surface area contributed by atoms with Gasteiger partial charge in [0, 0.05) is 42.9 Å². The van der Waals surface area contributed by atoms with E-state index < -0.39 is 0 Å². The number of anilines is 1. The first-order valence-corrected chi connectivity index (χ1v) is 7.48. The van der Waals surface area contributed by atoms with Crippen molar-refractivity contribution in [3.63, 3.8) is 0 Å². The third kappa shape index (κ3) is 2.96. The first kappa shape index (κ1) is 15.3. The fourth-order valence-corrected chi connectivity index (χ4v) is 2.72. The quantitative estimate of drug-likeness (QED) is 0.895. The minimum Gasteiger partial charge on any atom is -0.372 e. The van der Waals surface area contributed by atoms with E-state index in [1.165, 1.54) is 0 Å². The van der Waals surface area contributed by atoms with Gasteiger partial charge in [-0.3, -0.25) is 9.69 Å². The van der Waals surface area contributed by atoms with E-state index >= 15 is 0 Å². The van der Waals surface area contributed by atoms with Gasteiger partial charge in [-0.25, -0.2) is 4.98 Å². The molecule has 0 radical (unpaired) electrons. The molecular weight excluding hydrogens is 320 g/mol. The van der Waals surface area contributed by atoms with Crippen molar-refractivity contribution < 1.29 is 4.79 Å². The molecule has 2 heterocycles. The van der Waals surface area contributed by atoms with E-state index in [0.717, 1.165) is 24.1 Å². The van der Waals surface area contributed by atoms with Crippen LogP contribution in [0, 0.1) is 0 Å². The van der Waals surface area contributed by atoms with Crippen molar-refractivity contribution in [3.8, 4) is 0 Å². The van der Waals surface area contributed by atoms with Gasteiger partial charge >= 0.3 is 0 Å². The maximum Gasteiger partial charge on any atom is 0.257 e. The molecule has 5 nitrogen and oxygen atoms in total. The Morgan fingerprint density at radius 3 is 2.75 bits per heavy atom. The highest BCUT2D eigenvalue weighted by Crippen LogP contribution is 2.24. The number of likely N-dealkylation sites (N-methyl/N-ethyl adjacent to an activating group) is 1. The highest BCUT2D eigenvalue weighted by Gasteiger charge is 2.34. The van der Waals surface area contributed by atoms with E-state index in [1.54, 1.807) is 13.2 Å². The summed E-state index contributed by atoms with van der Waals surface area (Å²) in [6.45, 7) is 6.66. The van der Waals surface area contributed by atoms with Crippen LogP contribution in [0.3, 0.4) is 0 Å². The maximum absolute atomic E-state index is 12.7. The minimum atomic E-state index is -0.00679. The summed E-state index contributed by atoms with van der Waals surface area (Å²) < 4.78 is 0.813. The molecule has 0 unspecified atom stereocenters. The first-order chi connectivity index (χ1) is 9.35. The molecule has 0 atom stereocenters. The van der Waals surface area contributed by atoms with Gasteiger partial charge < -0.3 is 10.2 Å². The van der Waals surface area contributed by atoms with Crippen LogP contribution in [-0.4, -0.2) is 60.0 Å². The SMILES string of the molecule is CNc1ncc(Br)cc1C(=O)N1CCN(C)C(C)(C)C1. The van der Waals surface area contributed by atoms with E-state index in [-0.39, 0.29) is 11.4 Å². The molecule has 0 aromatic carbocycles. The van der Waals surface area contributed by atoms with Crippen LogP contribution in [-0.2, 0) is 0 Å². The standard InChI is InChI=1S/C14H21BrN4O/c1-14(2)9-19(6-5-18(14)4)13(20)11-7-10(15)8-17-12(11)16-3/h7-8H,5-6,9H2,1-4H3,(H,16,17). The largest absolute Gasteiger partial charge is 0.372 e. The van der Waals surface area contributed by atoms with Crippen LogP contribution >= 0.6 is 15.9 Å².